The molecule has 0 amide bonds. The summed E-state index contributed by atoms with van der Waals surface area (Å²) in [7, 11) is 0. The second-order valence-electron chi connectivity index (χ2n) is 4.30. The topological polar surface area (TPSA) is 49.8 Å². The van der Waals surface area contributed by atoms with Gasteiger partial charge >= 0.3 is 0 Å². The molecule has 2 aromatic rings. The summed E-state index contributed by atoms with van der Waals surface area (Å²) in [6.07, 6.45) is 1.77. The molecule has 0 radical (unpaired) electrons. The van der Waals surface area contributed by atoms with E-state index in [1.54, 1.807) is 12.1 Å². The number of nitrogens with one attached hydrogen (secondary N) is 2. The Hall–Kier alpha value is -2.01. The van der Waals surface area contributed by atoms with Crippen molar-refractivity contribution in [2.24, 2.45) is 0 Å². The van der Waals surface area contributed by atoms with Crippen LogP contribution in [0.5, 0.6) is 0 Å². The van der Waals surface area contributed by atoms with Crippen LogP contribution < -0.4 is 10.6 Å². The average molecular weight is 244 g/mol. The molecule has 1 aromatic heterocycles. The molecular weight excluding hydrogens is 231 g/mol. The zero-order valence-electron chi connectivity index (χ0n) is 9.94. The molecule has 0 fully saturated rings. The van der Waals surface area contributed by atoms with Crippen molar-refractivity contribution in [1.82, 2.24) is 15.3 Å². The van der Waals surface area contributed by atoms with E-state index in [1.807, 2.05) is 13.1 Å². The van der Waals surface area contributed by atoms with Gasteiger partial charge in [-0.3, -0.25) is 5.32 Å². The van der Waals surface area contributed by atoms with Gasteiger partial charge in [-0.25, -0.2) is 14.4 Å². The van der Waals surface area contributed by atoms with Crippen LogP contribution in [0.25, 0.3) is 0 Å². The van der Waals surface area contributed by atoms with Crippen LogP contribution in [0.1, 0.15) is 23.1 Å². The number of halogens is 1. The van der Waals surface area contributed by atoms with E-state index in [9.17, 15) is 4.39 Å². The summed E-state index contributed by atoms with van der Waals surface area (Å²) in [6.45, 7) is 2.56. The number of anilines is 1. The number of rotatable bonds is 1. The number of aryl methyl sites for hydroxylation is 1. The SMILES string of the molecule is Cc1ncc2c(n1)N[C@@H](c1ccc(F)cc1)NC2. The Morgan fingerprint density at radius 3 is 2.83 bits per heavy atom. The normalized spacial score (nSPS) is 18.0. The predicted molar refractivity (Wildman–Crippen MR) is 66.4 cm³/mol. The molecule has 4 nitrogen and oxygen atoms in total. The van der Waals surface area contributed by atoms with Gasteiger partial charge in [0, 0.05) is 18.3 Å². The Kier molecular flexibility index (Phi) is 2.68. The standard InChI is InChI=1S/C13H13FN4/c1-8-15-6-10-7-16-12(18-13(10)17-8)9-2-4-11(14)5-3-9/h2-6,12,16H,7H2,1H3,(H,15,17,18)/t12-/m0/s1. The molecule has 5 heteroatoms. The molecule has 1 aliphatic heterocycles. The van der Waals surface area contributed by atoms with Gasteiger partial charge in [-0.2, -0.15) is 0 Å². The van der Waals surface area contributed by atoms with Crippen molar-refractivity contribution < 1.29 is 4.39 Å². The Bertz CT molecular complexity index is 568. The Morgan fingerprint density at radius 1 is 1.28 bits per heavy atom. The molecule has 3 rings (SSSR count). The Morgan fingerprint density at radius 2 is 2.06 bits per heavy atom. The lowest BCUT2D eigenvalue weighted by atomic mass is 10.1. The van der Waals surface area contributed by atoms with Crippen molar-refractivity contribution in [3.05, 3.63) is 53.2 Å². The van der Waals surface area contributed by atoms with Crippen molar-refractivity contribution in [2.45, 2.75) is 19.6 Å². The second kappa shape index (κ2) is 4.34. The molecule has 2 N–H and O–H groups in total. The highest BCUT2D eigenvalue weighted by molar-refractivity contribution is 5.47. The van der Waals surface area contributed by atoms with E-state index < -0.39 is 0 Å². The summed E-state index contributed by atoms with van der Waals surface area (Å²) < 4.78 is 12.9. The molecule has 0 spiro atoms. The van der Waals surface area contributed by atoms with Crippen molar-refractivity contribution in [2.75, 3.05) is 5.32 Å². The molecule has 0 saturated carbocycles. The molecule has 1 aliphatic rings. The summed E-state index contributed by atoms with van der Waals surface area (Å²) in [5.41, 5.74) is 2.03. The number of aromatic nitrogens is 2. The van der Waals surface area contributed by atoms with Crippen LogP contribution in [0, 0.1) is 12.7 Å². The van der Waals surface area contributed by atoms with Gasteiger partial charge in [0.15, 0.2) is 0 Å². The van der Waals surface area contributed by atoms with Crippen molar-refractivity contribution in [1.29, 1.82) is 0 Å². The van der Waals surface area contributed by atoms with Crippen LogP contribution in [-0.4, -0.2) is 9.97 Å². The smallest absolute Gasteiger partial charge is 0.135 e. The maximum atomic E-state index is 12.9. The summed E-state index contributed by atoms with van der Waals surface area (Å²) in [4.78, 5) is 8.53. The molecular formula is C13H13FN4. The van der Waals surface area contributed by atoms with Gasteiger partial charge in [0.2, 0.25) is 0 Å². The monoisotopic (exact) mass is 244 g/mol. The van der Waals surface area contributed by atoms with Crippen LogP contribution in [0.15, 0.2) is 30.5 Å². The van der Waals surface area contributed by atoms with Crippen molar-refractivity contribution in [3.63, 3.8) is 0 Å². The lowest BCUT2D eigenvalue weighted by Crippen LogP contribution is -2.33. The van der Waals surface area contributed by atoms with E-state index in [0.29, 0.717) is 6.54 Å². The first-order valence-electron chi connectivity index (χ1n) is 5.80. The van der Waals surface area contributed by atoms with Gasteiger partial charge in [0.25, 0.3) is 0 Å². The third-order valence-corrected chi connectivity index (χ3v) is 2.97. The van der Waals surface area contributed by atoms with Gasteiger partial charge < -0.3 is 5.32 Å². The van der Waals surface area contributed by atoms with E-state index in [0.717, 1.165) is 22.8 Å². The molecule has 92 valence electrons. The maximum Gasteiger partial charge on any atom is 0.135 e. The van der Waals surface area contributed by atoms with Crippen LogP contribution in [0.2, 0.25) is 0 Å². The quantitative estimate of drug-likeness (QED) is 0.807. The fourth-order valence-corrected chi connectivity index (χ4v) is 2.01. The van der Waals surface area contributed by atoms with E-state index in [-0.39, 0.29) is 12.0 Å². The first kappa shape index (κ1) is 11.1. The molecule has 0 unspecified atom stereocenters. The largest absolute Gasteiger partial charge is 0.350 e. The minimum Gasteiger partial charge on any atom is -0.350 e. The van der Waals surface area contributed by atoms with Gasteiger partial charge in [0.1, 0.15) is 23.6 Å². The lowest BCUT2D eigenvalue weighted by molar-refractivity contribution is 0.556. The van der Waals surface area contributed by atoms with Gasteiger partial charge in [0.05, 0.1) is 0 Å². The fourth-order valence-electron chi connectivity index (χ4n) is 2.01. The lowest BCUT2D eigenvalue weighted by Gasteiger charge is -2.27. The Labute approximate surface area is 104 Å². The van der Waals surface area contributed by atoms with Crippen molar-refractivity contribution in [3.8, 4) is 0 Å². The number of fused-ring (bicyclic) bond motifs is 1. The van der Waals surface area contributed by atoms with Gasteiger partial charge in [-0.1, -0.05) is 12.1 Å². The Balaban J connectivity index is 1.88. The number of hydrogen-bond acceptors (Lipinski definition) is 4. The molecule has 1 atom stereocenters. The highest BCUT2D eigenvalue weighted by atomic mass is 19.1. The summed E-state index contributed by atoms with van der Waals surface area (Å²) in [5, 5.41) is 6.61. The van der Waals surface area contributed by atoms with Crippen LogP contribution >= 0.6 is 0 Å². The van der Waals surface area contributed by atoms with Gasteiger partial charge in [-0.15, -0.1) is 0 Å². The average Bonchev–Trinajstić information content (AvgIpc) is 2.38. The zero-order valence-corrected chi connectivity index (χ0v) is 9.94. The number of benzene rings is 1. The molecule has 0 aliphatic carbocycles. The summed E-state index contributed by atoms with van der Waals surface area (Å²) in [5.74, 6) is 1.35. The van der Waals surface area contributed by atoms with Crippen LogP contribution in [0.3, 0.4) is 0 Å². The summed E-state index contributed by atoms with van der Waals surface area (Å²) in [6, 6.07) is 6.44. The summed E-state index contributed by atoms with van der Waals surface area (Å²) >= 11 is 0. The van der Waals surface area contributed by atoms with E-state index in [2.05, 4.69) is 20.6 Å². The molecule has 2 heterocycles. The predicted octanol–water partition coefficient (Wildman–Crippen LogP) is 2.14. The van der Waals surface area contributed by atoms with E-state index in [1.165, 1.54) is 12.1 Å². The fraction of sp³-hybridized carbons (Fsp3) is 0.231. The second-order valence-corrected chi connectivity index (χ2v) is 4.30. The number of hydrogen-bond donors (Lipinski definition) is 2. The molecule has 0 saturated heterocycles. The first-order chi connectivity index (χ1) is 8.72. The molecule has 18 heavy (non-hydrogen) atoms. The molecule has 1 aromatic carbocycles. The third-order valence-electron chi connectivity index (χ3n) is 2.97. The third kappa shape index (κ3) is 2.04. The van der Waals surface area contributed by atoms with E-state index >= 15 is 0 Å². The van der Waals surface area contributed by atoms with Crippen LogP contribution in [0.4, 0.5) is 10.2 Å². The van der Waals surface area contributed by atoms with Gasteiger partial charge in [-0.05, 0) is 24.6 Å². The molecule has 0 bridgehead atoms. The minimum atomic E-state index is -0.229. The minimum absolute atomic E-state index is 0.0487. The number of nitrogens with zero attached hydrogens (tertiary/aromatic N) is 2. The van der Waals surface area contributed by atoms with E-state index in [4.69, 9.17) is 0 Å². The highest BCUT2D eigenvalue weighted by Crippen LogP contribution is 2.24. The highest BCUT2D eigenvalue weighted by Gasteiger charge is 2.19. The van der Waals surface area contributed by atoms with Crippen molar-refractivity contribution >= 4 is 5.82 Å². The first-order valence-corrected chi connectivity index (χ1v) is 5.80. The zero-order chi connectivity index (χ0) is 12.5. The maximum absolute atomic E-state index is 12.9. The van der Waals surface area contributed by atoms with Crippen LogP contribution in [-0.2, 0) is 6.54 Å².